The van der Waals surface area contributed by atoms with E-state index in [0.717, 1.165) is 34.5 Å². The van der Waals surface area contributed by atoms with Crippen molar-refractivity contribution in [1.82, 2.24) is 7.84 Å². The molecule has 0 saturated carbocycles. The van der Waals surface area contributed by atoms with Crippen LogP contribution in [0.4, 0.5) is 0 Å². The third-order valence-corrected chi connectivity index (χ3v) is 10.4. The Balaban J connectivity index is 2.13. The van der Waals surface area contributed by atoms with Gasteiger partial charge < -0.3 is 0 Å². The summed E-state index contributed by atoms with van der Waals surface area (Å²) in [5, 5.41) is 0. The molecule has 0 radical (unpaired) electrons. The van der Waals surface area contributed by atoms with Crippen molar-refractivity contribution in [3.63, 3.8) is 0 Å². The van der Waals surface area contributed by atoms with Gasteiger partial charge in [0, 0.05) is 29.3 Å². The normalized spacial score (nSPS) is 14.8. The van der Waals surface area contributed by atoms with E-state index in [9.17, 15) is 43.3 Å². The monoisotopic (exact) mass is 540 g/mol. The molecular weight excluding hydrogens is 528 g/mol. The Labute approximate surface area is 187 Å². The Bertz CT molecular complexity index is 1660. The van der Waals surface area contributed by atoms with Crippen molar-refractivity contribution in [3.8, 4) is 0 Å². The first kappa shape index (κ1) is 25.1. The molecule has 1 aliphatic carbocycles. The van der Waals surface area contributed by atoms with Crippen LogP contribution in [0.2, 0.25) is 0 Å². The minimum absolute atomic E-state index is 0.343. The van der Waals surface area contributed by atoms with E-state index in [1.165, 1.54) is 0 Å². The van der Waals surface area contributed by atoms with E-state index in [2.05, 4.69) is 0 Å². The molecule has 0 heterocycles. The first-order valence-electron chi connectivity index (χ1n) is 8.21. The number of carbonyl (C=O) groups excluding carboxylic acids is 2. The molecule has 14 nitrogen and oxygen atoms in total. The summed E-state index contributed by atoms with van der Waals surface area (Å²) in [6, 6.07) is 4.76. The lowest BCUT2D eigenvalue weighted by Gasteiger charge is -2.20. The SMILES string of the molecule is CN(S(=O)(=O)O)S(=O)(=O)c1ccc2c(c1)C(=O)c1ccc(S(=O)(=O)NS(=O)(=O)O)cc1C2=O. The molecule has 18 heteroatoms. The molecule has 2 aromatic carbocycles. The summed E-state index contributed by atoms with van der Waals surface area (Å²) >= 11 is 0. The van der Waals surface area contributed by atoms with Gasteiger partial charge in [0.1, 0.15) is 0 Å². The molecule has 178 valence electrons. The molecule has 0 unspecified atom stereocenters. The molecule has 0 aromatic heterocycles. The molecule has 3 rings (SSSR count). The van der Waals surface area contributed by atoms with E-state index in [1.807, 2.05) is 0 Å². The van der Waals surface area contributed by atoms with Crippen LogP contribution in [-0.2, 0) is 40.7 Å². The predicted octanol–water partition coefficient (Wildman–Crippen LogP) is -1.03. The van der Waals surface area contributed by atoms with E-state index < -0.39 is 73.1 Å². The summed E-state index contributed by atoms with van der Waals surface area (Å²) < 4.78 is 111. The lowest BCUT2D eigenvalue weighted by atomic mass is 9.84. The van der Waals surface area contributed by atoms with Crippen molar-refractivity contribution in [1.29, 1.82) is 0 Å². The van der Waals surface area contributed by atoms with Crippen molar-refractivity contribution >= 4 is 52.2 Å². The standard InChI is InChI=1S/C15H12N2O12S4/c1-17(33(27,28)29)31(22,23)9-3-5-11-13(7-9)15(19)10-4-2-8(6-12(10)14(11)18)30(20,21)16-32(24,25)26/h2-7,16H,1H3,(H,24,25,26)(H,27,28,29). The summed E-state index contributed by atoms with van der Waals surface area (Å²) in [6.07, 6.45) is 0. The molecule has 0 spiro atoms. The fourth-order valence-electron chi connectivity index (χ4n) is 2.90. The Morgan fingerprint density at radius 3 is 1.55 bits per heavy atom. The van der Waals surface area contributed by atoms with E-state index in [1.54, 1.807) is 0 Å². The molecule has 3 N–H and O–H groups in total. The van der Waals surface area contributed by atoms with E-state index >= 15 is 0 Å². The van der Waals surface area contributed by atoms with E-state index in [0.29, 0.717) is 13.1 Å². The largest absolute Gasteiger partial charge is 0.349 e. The lowest BCUT2D eigenvalue weighted by molar-refractivity contribution is 0.0978. The van der Waals surface area contributed by atoms with Crippen LogP contribution in [0.5, 0.6) is 0 Å². The van der Waals surface area contributed by atoms with E-state index in [4.69, 9.17) is 9.11 Å². The van der Waals surface area contributed by atoms with Crippen LogP contribution in [0.1, 0.15) is 31.8 Å². The van der Waals surface area contributed by atoms with E-state index in [-0.39, 0.29) is 14.8 Å². The maximum atomic E-state index is 12.9. The number of benzene rings is 2. The highest BCUT2D eigenvalue weighted by Crippen LogP contribution is 2.31. The third kappa shape index (κ3) is 4.59. The summed E-state index contributed by atoms with van der Waals surface area (Å²) in [5.74, 6) is -1.84. The van der Waals surface area contributed by atoms with Crippen molar-refractivity contribution in [2.24, 2.45) is 0 Å². The fraction of sp³-hybridized carbons (Fsp3) is 0.0667. The molecule has 0 fully saturated rings. The van der Waals surface area contributed by atoms with Crippen molar-refractivity contribution < 1.29 is 52.4 Å². The van der Waals surface area contributed by atoms with Gasteiger partial charge in [-0.05, 0) is 36.4 Å². The maximum Gasteiger partial charge on any atom is 0.349 e. The Hall–Kier alpha value is -2.58. The van der Waals surface area contributed by atoms with Crippen LogP contribution in [0.25, 0.3) is 0 Å². The van der Waals surface area contributed by atoms with Crippen molar-refractivity contribution in [2.75, 3.05) is 7.05 Å². The fourth-order valence-corrected chi connectivity index (χ4v) is 6.96. The zero-order valence-corrected chi connectivity index (χ0v) is 19.3. The van der Waals surface area contributed by atoms with Crippen LogP contribution < -0.4 is 4.13 Å². The molecule has 2 aromatic rings. The smallest absolute Gasteiger partial charge is 0.289 e. The number of sulfonamides is 2. The molecule has 0 amide bonds. The number of hydrogen-bond donors (Lipinski definition) is 3. The van der Waals surface area contributed by atoms with Crippen molar-refractivity contribution in [2.45, 2.75) is 9.79 Å². The molecule has 33 heavy (non-hydrogen) atoms. The number of carbonyl (C=O) groups is 2. The van der Waals surface area contributed by atoms with Crippen LogP contribution in [0.15, 0.2) is 46.2 Å². The summed E-state index contributed by atoms with van der Waals surface area (Å²) in [6.45, 7) is 0. The van der Waals surface area contributed by atoms with Crippen LogP contribution in [-0.4, -0.2) is 65.1 Å². The van der Waals surface area contributed by atoms with Gasteiger partial charge in [-0.2, -0.15) is 16.8 Å². The van der Waals surface area contributed by atoms with Gasteiger partial charge in [0.25, 0.3) is 20.0 Å². The van der Waals surface area contributed by atoms with Gasteiger partial charge in [0.2, 0.25) is 0 Å². The quantitative estimate of drug-likeness (QED) is 0.319. The molecule has 0 atom stereocenters. The zero-order valence-electron chi connectivity index (χ0n) is 16.0. The van der Waals surface area contributed by atoms with Gasteiger partial charge >= 0.3 is 20.6 Å². The summed E-state index contributed by atoms with van der Waals surface area (Å²) in [4.78, 5) is 24.2. The highest BCUT2D eigenvalue weighted by Gasteiger charge is 2.35. The molecular formula is C15H12N2O12S4. The average molecular weight is 541 g/mol. The number of fused-ring (bicyclic) bond motifs is 2. The Morgan fingerprint density at radius 1 is 0.697 bits per heavy atom. The number of nitrogens with one attached hydrogen (secondary N) is 1. The highest BCUT2D eigenvalue weighted by atomic mass is 32.3. The third-order valence-electron chi connectivity index (χ3n) is 4.45. The first-order valence-corrected chi connectivity index (χ1v) is 14.0. The number of rotatable bonds is 6. The summed E-state index contributed by atoms with van der Waals surface area (Å²) in [5.41, 5.74) is -1.59. The zero-order chi connectivity index (χ0) is 25.1. The molecule has 1 aliphatic rings. The molecule has 0 aliphatic heterocycles. The Morgan fingerprint density at radius 2 is 1.12 bits per heavy atom. The average Bonchev–Trinajstić information content (AvgIpc) is 2.68. The van der Waals surface area contributed by atoms with Crippen LogP contribution in [0, 0.1) is 0 Å². The van der Waals surface area contributed by atoms with Gasteiger partial charge in [0.15, 0.2) is 11.6 Å². The van der Waals surface area contributed by atoms with Gasteiger partial charge in [-0.25, -0.2) is 16.8 Å². The van der Waals surface area contributed by atoms with Crippen LogP contribution >= 0.6 is 0 Å². The van der Waals surface area contributed by atoms with Crippen molar-refractivity contribution in [3.05, 3.63) is 58.7 Å². The lowest BCUT2D eigenvalue weighted by Crippen LogP contribution is -2.33. The van der Waals surface area contributed by atoms with Crippen LogP contribution in [0.3, 0.4) is 0 Å². The second kappa shape index (κ2) is 7.74. The maximum absolute atomic E-state index is 12.9. The summed E-state index contributed by atoms with van der Waals surface area (Å²) in [7, 11) is -19.5. The number of hydrogen-bond acceptors (Lipinski definition) is 10. The first-order chi connectivity index (χ1) is 14.9. The van der Waals surface area contributed by atoms with Gasteiger partial charge in [-0.15, -0.1) is 0 Å². The number of ketones is 2. The second-order valence-electron chi connectivity index (χ2n) is 6.50. The minimum Gasteiger partial charge on any atom is -0.289 e. The van der Waals surface area contributed by atoms with Gasteiger partial charge in [-0.3, -0.25) is 18.7 Å². The predicted molar refractivity (Wildman–Crippen MR) is 108 cm³/mol. The minimum atomic E-state index is -5.17. The van der Waals surface area contributed by atoms with Gasteiger partial charge in [0.05, 0.1) is 9.79 Å². The topological polar surface area (TPSA) is 226 Å². The molecule has 0 bridgehead atoms. The second-order valence-corrected chi connectivity index (χ2v) is 13.2. The number of nitrogens with zero attached hydrogens (tertiary/aromatic N) is 1. The highest BCUT2D eigenvalue weighted by molar-refractivity contribution is 8.02. The van der Waals surface area contributed by atoms with Gasteiger partial charge in [-0.1, -0.05) is 7.84 Å². The molecule has 0 saturated heterocycles. The Kier molecular flexibility index (Phi) is 5.87.